The van der Waals surface area contributed by atoms with Crippen LogP contribution in [-0.2, 0) is 4.79 Å². The third kappa shape index (κ3) is 18.1. The zero-order valence-electron chi connectivity index (χ0n) is 14.1. The number of allylic oxidation sites excluding steroid dienone is 8. The normalized spacial score (nSPS) is 14.2. The maximum Gasteiger partial charge on any atom is 0.303 e. The van der Waals surface area contributed by atoms with Gasteiger partial charge in [-0.1, -0.05) is 67.7 Å². The lowest BCUT2D eigenvalue weighted by Crippen LogP contribution is -1.98. The molecule has 0 saturated carbocycles. The highest BCUT2D eigenvalue weighted by molar-refractivity contribution is 5.66. The van der Waals surface area contributed by atoms with Crippen LogP contribution in [0.5, 0.6) is 0 Å². The number of carbonyl (C=O) groups is 1. The van der Waals surface area contributed by atoms with Crippen molar-refractivity contribution in [2.24, 2.45) is 0 Å². The Morgan fingerprint density at radius 3 is 2.26 bits per heavy atom. The number of aliphatic hydroxyl groups excluding tert-OH is 1. The van der Waals surface area contributed by atoms with Crippen LogP contribution in [0.4, 0.5) is 0 Å². The Balaban J connectivity index is 3.68. The van der Waals surface area contributed by atoms with Gasteiger partial charge in [0.05, 0.1) is 6.10 Å². The van der Waals surface area contributed by atoms with Gasteiger partial charge in [-0.3, -0.25) is 4.79 Å². The molecule has 0 aliphatic carbocycles. The first-order chi connectivity index (χ1) is 11.2. The molecule has 0 spiro atoms. The van der Waals surface area contributed by atoms with E-state index in [2.05, 4.69) is 37.3 Å². The van der Waals surface area contributed by atoms with E-state index < -0.39 is 12.1 Å². The second-order valence-electron chi connectivity index (χ2n) is 5.20. The van der Waals surface area contributed by atoms with Gasteiger partial charge in [-0.15, -0.1) is 0 Å². The van der Waals surface area contributed by atoms with E-state index in [1.165, 1.54) is 0 Å². The molecule has 0 bridgehead atoms. The molecule has 3 heteroatoms. The number of unbranched alkanes of at least 4 members (excludes halogenated alkanes) is 1. The summed E-state index contributed by atoms with van der Waals surface area (Å²) in [6.45, 7) is 2.12. The van der Waals surface area contributed by atoms with Crippen LogP contribution in [0, 0.1) is 0 Å². The monoisotopic (exact) mass is 318 g/mol. The Kier molecular flexibility index (Phi) is 15.2. The van der Waals surface area contributed by atoms with Gasteiger partial charge in [-0.25, -0.2) is 0 Å². The minimum atomic E-state index is -0.761. The van der Waals surface area contributed by atoms with Crippen molar-refractivity contribution in [1.29, 1.82) is 0 Å². The summed E-state index contributed by atoms with van der Waals surface area (Å²) in [6.07, 6.45) is 24.6. The molecule has 3 nitrogen and oxygen atoms in total. The van der Waals surface area contributed by atoms with Gasteiger partial charge in [0.15, 0.2) is 0 Å². The molecule has 0 heterocycles. The van der Waals surface area contributed by atoms with Gasteiger partial charge in [0.2, 0.25) is 0 Å². The first-order valence-electron chi connectivity index (χ1n) is 8.35. The lowest BCUT2D eigenvalue weighted by atomic mass is 10.2. The van der Waals surface area contributed by atoms with E-state index in [9.17, 15) is 9.90 Å². The Morgan fingerprint density at radius 2 is 1.61 bits per heavy atom. The molecule has 0 rings (SSSR count). The maximum atomic E-state index is 10.3. The highest BCUT2D eigenvalue weighted by atomic mass is 16.4. The largest absolute Gasteiger partial charge is 0.481 e. The molecule has 2 N–H and O–H groups in total. The zero-order valence-corrected chi connectivity index (χ0v) is 14.1. The van der Waals surface area contributed by atoms with Crippen LogP contribution in [0.15, 0.2) is 60.8 Å². The summed E-state index contributed by atoms with van der Waals surface area (Å²) >= 11 is 0. The molecule has 0 aliphatic heterocycles. The Hall–Kier alpha value is -1.87. The van der Waals surface area contributed by atoms with Crippen LogP contribution in [0.3, 0.4) is 0 Å². The van der Waals surface area contributed by atoms with Crippen molar-refractivity contribution >= 4 is 5.97 Å². The second-order valence-corrected chi connectivity index (χ2v) is 5.20. The van der Waals surface area contributed by atoms with E-state index in [4.69, 9.17) is 5.11 Å². The van der Waals surface area contributed by atoms with Crippen molar-refractivity contribution in [2.75, 3.05) is 0 Å². The van der Waals surface area contributed by atoms with E-state index in [0.29, 0.717) is 12.8 Å². The predicted octanol–water partition coefficient (Wildman–Crippen LogP) is 4.96. The van der Waals surface area contributed by atoms with Gasteiger partial charge in [-0.05, 0) is 38.5 Å². The molecule has 128 valence electrons. The summed E-state index contributed by atoms with van der Waals surface area (Å²) in [6, 6.07) is 0. The highest BCUT2D eigenvalue weighted by Gasteiger charge is 1.94. The van der Waals surface area contributed by atoms with Crippen LogP contribution in [0.2, 0.25) is 0 Å². The van der Waals surface area contributed by atoms with E-state index in [1.807, 2.05) is 18.2 Å². The molecular weight excluding hydrogens is 288 g/mol. The maximum absolute atomic E-state index is 10.3. The van der Waals surface area contributed by atoms with Crippen molar-refractivity contribution in [3.05, 3.63) is 60.8 Å². The summed E-state index contributed by atoms with van der Waals surface area (Å²) in [7, 11) is 0. The molecule has 23 heavy (non-hydrogen) atoms. The fourth-order valence-corrected chi connectivity index (χ4v) is 1.76. The summed E-state index contributed by atoms with van der Waals surface area (Å²) in [4.78, 5) is 10.3. The highest BCUT2D eigenvalue weighted by Crippen LogP contribution is 2.00. The molecule has 0 aliphatic rings. The summed E-state index contributed by atoms with van der Waals surface area (Å²) in [5.41, 5.74) is 0. The average molecular weight is 318 g/mol. The van der Waals surface area contributed by atoms with E-state index >= 15 is 0 Å². The lowest BCUT2D eigenvalue weighted by molar-refractivity contribution is -0.137. The molecule has 0 unspecified atom stereocenters. The van der Waals surface area contributed by atoms with Crippen LogP contribution >= 0.6 is 0 Å². The molecular formula is C20H30O3. The van der Waals surface area contributed by atoms with Gasteiger partial charge in [0.1, 0.15) is 0 Å². The number of carboxylic acids is 1. The van der Waals surface area contributed by atoms with Crippen molar-refractivity contribution in [1.82, 2.24) is 0 Å². The third-order valence-corrected chi connectivity index (χ3v) is 3.00. The summed E-state index contributed by atoms with van der Waals surface area (Å²) < 4.78 is 0. The van der Waals surface area contributed by atoms with Crippen LogP contribution < -0.4 is 0 Å². The van der Waals surface area contributed by atoms with Gasteiger partial charge in [-0.2, -0.15) is 0 Å². The van der Waals surface area contributed by atoms with Gasteiger partial charge >= 0.3 is 5.97 Å². The molecule has 0 aromatic carbocycles. The standard InChI is InChI=1S/C20H30O3/c1-2-3-4-5-6-7-8-10-13-16-19(21)17-14-11-9-12-15-18-20(22)23/h3-4,6-7,9-11,13-14,17,19,21H,2,5,8,12,15-16,18H2,1H3,(H,22,23)/b4-3-,7-6-,11-9-,13-10-,17-14+/t19-/m1/s1. The number of aliphatic hydroxyl groups is 1. The zero-order chi connectivity index (χ0) is 17.2. The van der Waals surface area contributed by atoms with Gasteiger partial charge in [0.25, 0.3) is 0 Å². The Morgan fingerprint density at radius 1 is 0.957 bits per heavy atom. The van der Waals surface area contributed by atoms with Gasteiger partial charge < -0.3 is 10.2 Å². The molecule has 0 saturated heterocycles. The minimum Gasteiger partial charge on any atom is -0.481 e. The third-order valence-electron chi connectivity index (χ3n) is 3.00. The topological polar surface area (TPSA) is 57.5 Å². The molecule has 0 fully saturated rings. The minimum absolute atomic E-state index is 0.199. The summed E-state index contributed by atoms with van der Waals surface area (Å²) in [5, 5.41) is 18.2. The summed E-state index contributed by atoms with van der Waals surface area (Å²) in [5.74, 6) is -0.761. The average Bonchev–Trinajstić information content (AvgIpc) is 2.52. The van der Waals surface area contributed by atoms with E-state index in [0.717, 1.165) is 25.7 Å². The second kappa shape index (κ2) is 16.5. The number of rotatable bonds is 13. The SMILES string of the molecule is CC/C=C\C/C=C\C/C=C\C[C@@H](O)/C=C/C=C\CCCC(=O)O. The predicted molar refractivity (Wildman–Crippen MR) is 97.3 cm³/mol. The van der Waals surface area contributed by atoms with Crippen molar-refractivity contribution < 1.29 is 15.0 Å². The Labute approximate surface area is 140 Å². The van der Waals surface area contributed by atoms with Crippen molar-refractivity contribution in [3.8, 4) is 0 Å². The molecule has 0 aromatic heterocycles. The van der Waals surface area contributed by atoms with E-state index in [-0.39, 0.29) is 6.42 Å². The van der Waals surface area contributed by atoms with E-state index in [1.54, 1.807) is 12.2 Å². The fourth-order valence-electron chi connectivity index (χ4n) is 1.76. The number of hydrogen-bond donors (Lipinski definition) is 2. The molecule has 0 aromatic rings. The van der Waals surface area contributed by atoms with Crippen LogP contribution in [0.1, 0.15) is 51.9 Å². The lowest BCUT2D eigenvalue weighted by Gasteiger charge is -1.98. The Bertz CT molecular complexity index is 428. The number of aliphatic carboxylic acids is 1. The number of carboxylic acid groups (broad SMARTS) is 1. The molecule has 0 radical (unpaired) electrons. The van der Waals surface area contributed by atoms with Crippen LogP contribution in [-0.4, -0.2) is 22.3 Å². The van der Waals surface area contributed by atoms with Crippen LogP contribution in [0.25, 0.3) is 0 Å². The molecule has 0 amide bonds. The van der Waals surface area contributed by atoms with Gasteiger partial charge in [0, 0.05) is 6.42 Å². The fraction of sp³-hybridized carbons (Fsp3) is 0.450. The number of hydrogen-bond acceptors (Lipinski definition) is 2. The van der Waals surface area contributed by atoms with Crippen molar-refractivity contribution in [3.63, 3.8) is 0 Å². The quantitative estimate of drug-likeness (QED) is 0.286. The molecule has 1 atom stereocenters. The smallest absolute Gasteiger partial charge is 0.303 e. The first-order valence-corrected chi connectivity index (χ1v) is 8.35. The first kappa shape index (κ1) is 21.1. The van der Waals surface area contributed by atoms with Crippen molar-refractivity contribution in [2.45, 2.75) is 58.0 Å².